The Hall–Kier alpha value is 0.674. The SMILES string of the molecule is CN(C)C.[CH2-]C(C)C.[Ti+4]. The van der Waals surface area contributed by atoms with E-state index in [-0.39, 0.29) is 21.7 Å². The van der Waals surface area contributed by atoms with Gasteiger partial charge < -0.3 is 11.8 Å². The van der Waals surface area contributed by atoms with Gasteiger partial charge in [0, 0.05) is 0 Å². The molecule has 1 nitrogen and oxygen atoms in total. The summed E-state index contributed by atoms with van der Waals surface area (Å²) in [6.07, 6.45) is 0. The summed E-state index contributed by atoms with van der Waals surface area (Å²) in [6.45, 7) is 7.75. The fourth-order valence-corrected chi connectivity index (χ4v) is 0. The average Bonchev–Trinajstić information content (AvgIpc) is 1.25. The van der Waals surface area contributed by atoms with Crippen molar-refractivity contribution in [1.82, 2.24) is 4.90 Å². The van der Waals surface area contributed by atoms with Crippen LogP contribution in [0.3, 0.4) is 0 Å². The minimum Gasteiger partial charge on any atom is -0.341 e. The van der Waals surface area contributed by atoms with Crippen molar-refractivity contribution in [3.05, 3.63) is 6.92 Å². The second-order valence-corrected chi connectivity index (χ2v) is 2.74. The van der Waals surface area contributed by atoms with Crippen molar-refractivity contribution in [3.8, 4) is 0 Å². The first-order valence-corrected chi connectivity index (χ1v) is 2.90. The molecule has 0 aromatic heterocycles. The van der Waals surface area contributed by atoms with Gasteiger partial charge in [-0.3, -0.25) is 0 Å². The molecule has 9 heavy (non-hydrogen) atoms. The van der Waals surface area contributed by atoms with Crippen LogP contribution in [-0.2, 0) is 21.7 Å². The van der Waals surface area contributed by atoms with E-state index < -0.39 is 0 Å². The maximum Gasteiger partial charge on any atom is 4.00 e. The van der Waals surface area contributed by atoms with Crippen LogP contribution in [0, 0.1) is 12.8 Å². The van der Waals surface area contributed by atoms with E-state index in [9.17, 15) is 0 Å². The molecule has 0 fully saturated rings. The third-order valence-corrected chi connectivity index (χ3v) is 0. The van der Waals surface area contributed by atoms with Gasteiger partial charge >= 0.3 is 21.7 Å². The second-order valence-electron chi connectivity index (χ2n) is 2.74. The van der Waals surface area contributed by atoms with Gasteiger partial charge in [-0.25, -0.2) is 0 Å². The maximum atomic E-state index is 3.64. The van der Waals surface area contributed by atoms with E-state index in [1.54, 1.807) is 0 Å². The molecule has 0 rings (SSSR count). The summed E-state index contributed by atoms with van der Waals surface area (Å²) in [7, 11) is 6.00. The molecule has 0 aliphatic rings. The number of hydrogen-bond donors (Lipinski definition) is 0. The average molecular weight is 164 g/mol. The van der Waals surface area contributed by atoms with E-state index in [1.165, 1.54) is 0 Å². The van der Waals surface area contributed by atoms with Crippen LogP contribution in [0.4, 0.5) is 0 Å². The summed E-state index contributed by atoms with van der Waals surface area (Å²) in [5.74, 6) is 0.583. The van der Waals surface area contributed by atoms with E-state index in [0.717, 1.165) is 0 Å². The van der Waals surface area contributed by atoms with E-state index in [1.807, 2.05) is 26.0 Å². The molecule has 0 radical (unpaired) electrons. The van der Waals surface area contributed by atoms with Crippen molar-refractivity contribution in [1.29, 1.82) is 0 Å². The molecule has 0 aliphatic carbocycles. The Bertz CT molecular complexity index is 24.4. The molecule has 0 saturated carbocycles. The predicted octanol–water partition coefficient (Wildman–Crippen LogP) is 1.65. The fourth-order valence-electron chi connectivity index (χ4n) is 0. The number of rotatable bonds is 0. The molecule has 52 valence electrons. The molecule has 0 saturated heterocycles. The smallest absolute Gasteiger partial charge is 0.341 e. The monoisotopic (exact) mass is 164 g/mol. The van der Waals surface area contributed by atoms with Gasteiger partial charge in [0.2, 0.25) is 0 Å². The summed E-state index contributed by atoms with van der Waals surface area (Å²) in [5, 5.41) is 0. The minimum absolute atomic E-state index is 0. The van der Waals surface area contributed by atoms with Crippen LogP contribution in [0.15, 0.2) is 0 Å². The van der Waals surface area contributed by atoms with E-state index in [4.69, 9.17) is 0 Å². The zero-order valence-corrected chi connectivity index (χ0v) is 8.79. The Morgan fingerprint density at radius 3 is 1.11 bits per heavy atom. The molecule has 0 heterocycles. The minimum atomic E-state index is 0. The molecule has 0 aromatic carbocycles. The Balaban J connectivity index is -0.0000000720. The largest absolute Gasteiger partial charge is 4.00 e. The van der Waals surface area contributed by atoms with Crippen LogP contribution < -0.4 is 0 Å². The quantitative estimate of drug-likeness (QED) is 0.388. The topological polar surface area (TPSA) is 3.24 Å². The standard InChI is InChI=1S/C4H9.C3H9N.Ti/c2*1-4(2)3;/h4H,1H2,2-3H3;1-3H3;/q-1;;+4. The van der Waals surface area contributed by atoms with Crippen LogP contribution in [0.2, 0.25) is 0 Å². The second kappa shape index (κ2) is 11.5. The van der Waals surface area contributed by atoms with Crippen LogP contribution in [-0.4, -0.2) is 26.0 Å². The molecule has 0 spiro atoms. The van der Waals surface area contributed by atoms with E-state index in [2.05, 4.69) is 20.8 Å². The molecule has 0 amide bonds. The van der Waals surface area contributed by atoms with Crippen molar-refractivity contribution >= 4 is 0 Å². The molecular weight excluding hydrogens is 146 g/mol. The molecule has 0 aromatic rings. The molecule has 2 heteroatoms. The van der Waals surface area contributed by atoms with Gasteiger partial charge in [0.25, 0.3) is 0 Å². The summed E-state index contributed by atoms with van der Waals surface area (Å²) in [4.78, 5) is 2.00. The maximum absolute atomic E-state index is 3.64. The van der Waals surface area contributed by atoms with Gasteiger partial charge in [-0.1, -0.05) is 13.8 Å². The van der Waals surface area contributed by atoms with Gasteiger partial charge in [0.15, 0.2) is 0 Å². The summed E-state index contributed by atoms with van der Waals surface area (Å²) < 4.78 is 0. The van der Waals surface area contributed by atoms with Crippen molar-refractivity contribution in [2.45, 2.75) is 13.8 Å². The van der Waals surface area contributed by atoms with Gasteiger partial charge in [0.1, 0.15) is 0 Å². The van der Waals surface area contributed by atoms with Crippen molar-refractivity contribution in [2.75, 3.05) is 21.1 Å². The molecule has 0 atom stereocenters. The first kappa shape index (κ1) is 16.3. The van der Waals surface area contributed by atoms with Gasteiger partial charge in [-0.2, -0.15) is 5.92 Å². The molecule has 0 N–H and O–H groups in total. The predicted molar refractivity (Wildman–Crippen MR) is 39.8 cm³/mol. The van der Waals surface area contributed by atoms with Crippen LogP contribution >= 0.6 is 0 Å². The van der Waals surface area contributed by atoms with Crippen LogP contribution in [0.1, 0.15) is 13.8 Å². The zero-order valence-electron chi connectivity index (χ0n) is 7.23. The van der Waals surface area contributed by atoms with E-state index in [0.29, 0.717) is 5.92 Å². The summed E-state index contributed by atoms with van der Waals surface area (Å²) in [5.41, 5.74) is 0. The first-order chi connectivity index (χ1) is 3.46. The fraction of sp³-hybridized carbons (Fsp3) is 0.857. The van der Waals surface area contributed by atoms with Crippen molar-refractivity contribution in [2.24, 2.45) is 5.92 Å². The third kappa shape index (κ3) is 850. The van der Waals surface area contributed by atoms with Gasteiger partial charge in [-0.15, -0.1) is 0 Å². The molecule has 0 bridgehead atoms. The Labute approximate surface area is 74.7 Å². The van der Waals surface area contributed by atoms with Crippen molar-refractivity contribution in [3.63, 3.8) is 0 Å². The van der Waals surface area contributed by atoms with Gasteiger partial charge in [-0.05, 0) is 21.1 Å². The van der Waals surface area contributed by atoms with Crippen LogP contribution in [0.25, 0.3) is 0 Å². The Morgan fingerprint density at radius 1 is 1.11 bits per heavy atom. The Morgan fingerprint density at radius 2 is 1.11 bits per heavy atom. The summed E-state index contributed by atoms with van der Waals surface area (Å²) >= 11 is 0. The molecule has 0 aliphatic heterocycles. The van der Waals surface area contributed by atoms with Crippen molar-refractivity contribution < 1.29 is 21.7 Å². The zero-order chi connectivity index (χ0) is 7.15. The van der Waals surface area contributed by atoms with E-state index >= 15 is 0 Å². The first-order valence-electron chi connectivity index (χ1n) is 2.90. The number of nitrogens with zero attached hydrogens (tertiary/aromatic N) is 1. The van der Waals surface area contributed by atoms with Gasteiger partial charge in [0.05, 0.1) is 0 Å². The summed E-state index contributed by atoms with van der Waals surface area (Å²) in [6, 6.07) is 0. The number of hydrogen-bond acceptors (Lipinski definition) is 1. The Kier molecular flexibility index (Phi) is 20.8. The normalized spacial score (nSPS) is 8.00. The third-order valence-electron chi connectivity index (χ3n) is 0. The van der Waals surface area contributed by atoms with Crippen LogP contribution in [0.5, 0.6) is 0 Å². The molecular formula is C7H18NTi+3. The molecule has 0 unspecified atom stereocenters.